The van der Waals surface area contributed by atoms with Crippen LogP contribution < -0.4 is 15.2 Å². The fourth-order valence-electron chi connectivity index (χ4n) is 3.55. The fraction of sp³-hybridized carbons (Fsp3) is 0.389. The highest BCUT2D eigenvalue weighted by molar-refractivity contribution is 7.87. The lowest BCUT2D eigenvalue weighted by Gasteiger charge is -2.18. The molecule has 14 heteroatoms. The predicted octanol–water partition coefficient (Wildman–Crippen LogP) is -1.62. The summed E-state index contributed by atoms with van der Waals surface area (Å²) < 4.78 is 31.4. The largest absolute Gasteiger partial charge is 0.394 e. The van der Waals surface area contributed by atoms with Gasteiger partial charge in [0.15, 0.2) is 23.2 Å². The summed E-state index contributed by atoms with van der Waals surface area (Å²) >= 11 is 0. The topological polar surface area (TPSA) is 198 Å². The molecule has 0 radical (unpaired) electrons. The van der Waals surface area contributed by atoms with Crippen LogP contribution in [-0.4, -0.2) is 74.7 Å². The number of aliphatic hydroxyl groups excluding tert-OH is 3. The fourth-order valence-corrected chi connectivity index (χ4v) is 3.95. The van der Waals surface area contributed by atoms with E-state index in [4.69, 9.17) is 9.88 Å². The Morgan fingerprint density at radius 2 is 1.91 bits per heavy atom. The van der Waals surface area contributed by atoms with Crippen molar-refractivity contribution in [2.24, 2.45) is 5.14 Å². The molecule has 1 fully saturated rings. The molecule has 0 saturated carbocycles. The zero-order valence-electron chi connectivity index (χ0n) is 16.7. The van der Waals surface area contributed by atoms with Gasteiger partial charge in [-0.1, -0.05) is 30.3 Å². The Morgan fingerprint density at radius 1 is 1.16 bits per heavy atom. The third-order valence-electron chi connectivity index (χ3n) is 5.15. The number of nitrogens with zero attached hydrogens (tertiary/aromatic N) is 4. The van der Waals surface area contributed by atoms with E-state index in [1.165, 1.54) is 17.2 Å². The van der Waals surface area contributed by atoms with Crippen molar-refractivity contribution in [1.29, 1.82) is 0 Å². The molecule has 3 aromatic rings. The van der Waals surface area contributed by atoms with Gasteiger partial charge in [-0.25, -0.2) is 20.1 Å². The minimum absolute atomic E-state index is 0.189. The number of imidazole rings is 1. The molecule has 0 aliphatic carbocycles. The summed E-state index contributed by atoms with van der Waals surface area (Å²) in [5.74, 6) is 0.358. The average Bonchev–Trinajstić information content (AvgIpc) is 3.32. The standard InChI is InChI=1S/C18H23N7O6S/c19-32(29,30)23-6-12-14(27)15(28)18(31-12)25-9-22-13-16(20-8-21-17(13)25)24-11(7-26)10-4-2-1-3-5-10/h1-5,8-9,11-12,14-15,18,23,26-28H,6-7H2,(H2,19,29,30)(H,20,21,24)/t11-,12-,14-,15-,18?/m1/s1. The number of anilines is 1. The average molecular weight is 465 g/mol. The van der Waals surface area contributed by atoms with Crippen molar-refractivity contribution in [2.75, 3.05) is 18.5 Å². The maximum Gasteiger partial charge on any atom is 0.274 e. The van der Waals surface area contributed by atoms with Crippen LogP contribution in [0.15, 0.2) is 43.0 Å². The summed E-state index contributed by atoms with van der Waals surface area (Å²) in [5, 5.41) is 38.6. The lowest BCUT2D eigenvalue weighted by Crippen LogP contribution is -2.42. The maximum atomic E-state index is 11.1. The monoisotopic (exact) mass is 465 g/mol. The van der Waals surface area contributed by atoms with E-state index in [2.05, 4.69) is 20.3 Å². The van der Waals surface area contributed by atoms with Crippen LogP contribution in [0.3, 0.4) is 0 Å². The molecule has 0 spiro atoms. The Morgan fingerprint density at radius 3 is 2.59 bits per heavy atom. The van der Waals surface area contributed by atoms with Crippen molar-refractivity contribution in [2.45, 2.75) is 30.6 Å². The van der Waals surface area contributed by atoms with E-state index in [1.54, 1.807) is 0 Å². The summed E-state index contributed by atoms with van der Waals surface area (Å²) in [6.45, 7) is -0.511. The molecule has 1 aliphatic heterocycles. The summed E-state index contributed by atoms with van der Waals surface area (Å²) in [5.41, 5.74) is 1.52. The molecule has 1 aliphatic rings. The van der Waals surface area contributed by atoms with Crippen LogP contribution in [0.2, 0.25) is 0 Å². The normalized spacial score (nSPS) is 24.6. The number of ether oxygens (including phenoxy) is 1. The van der Waals surface area contributed by atoms with E-state index < -0.39 is 40.8 Å². The van der Waals surface area contributed by atoms with E-state index in [1.807, 2.05) is 35.1 Å². The summed E-state index contributed by atoms with van der Waals surface area (Å²) in [7, 11) is -3.99. The van der Waals surface area contributed by atoms with Gasteiger partial charge in [0.1, 0.15) is 24.6 Å². The van der Waals surface area contributed by atoms with Crippen LogP contribution in [0, 0.1) is 0 Å². The van der Waals surface area contributed by atoms with Crippen LogP contribution in [-0.2, 0) is 14.9 Å². The Hall–Kier alpha value is -2.72. The molecule has 5 atom stereocenters. The van der Waals surface area contributed by atoms with Gasteiger partial charge >= 0.3 is 0 Å². The summed E-state index contributed by atoms with van der Waals surface area (Å²) in [4.78, 5) is 12.7. The van der Waals surface area contributed by atoms with Crippen molar-refractivity contribution in [3.05, 3.63) is 48.5 Å². The van der Waals surface area contributed by atoms with Crippen LogP contribution in [0.4, 0.5) is 5.82 Å². The zero-order valence-corrected chi connectivity index (χ0v) is 17.5. The first kappa shape index (κ1) is 22.5. The Bertz CT molecular complexity index is 1180. The number of benzene rings is 1. The number of nitrogens with one attached hydrogen (secondary N) is 2. The van der Waals surface area contributed by atoms with E-state index in [0.29, 0.717) is 17.0 Å². The lowest BCUT2D eigenvalue weighted by atomic mass is 10.1. The first-order chi connectivity index (χ1) is 15.3. The third kappa shape index (κ3) is 4.56. The smallest absolute Gasteiger partial charge is 0.274 e. The van der Waals surface area contributed by atoms with Crippen molar-refractivity contribution < 1.29 is 28.5 Å². The van der Waals surface area contributed by atoms with Gasteiger partial charge < -0.3 is 25.4 Å². The third-order valence-corrected chi connectivity index (χ3v) is 5.72. The number of fused-ring (bicyclic) bond motifs is 1. The van der Waals surface area contributed by atoms with E-state index >= 15 is 0 Å². The van der Waals surface area contributed by atoms with Crippen molar-refractivity contribution in [3.8, 4) is 0 Å². The number of nitrogens with two attached hydrogens (primary N) is 1. The van der Waals surface area contributed by atoms with Gasteiger partial charge in [0.05, 0.1) is 19.0 Å². The number of rotatable bonds is 8. The number of aliphatic hydroxyl groups is 3. The quantitative estimate of drug-likeness (QED) is 0.225. The van der Waals surface area contributed by atoms with Gasteiger partial charge in [-0.2, -0.15) is 13.1 Å². The minimum Gasteiger partial charge on any atom is -0.394 e. The molecular formula is C18H23N7O6S. The van der Waals surface area contributed by atoms with Crippen LogP contribution in [0.25, 0.3) is 11.2 Å². The van der Waals surface area contributed by atoms with Crippen molar-refractivity contribution >= 4 is 27.2 Å². The Balaban J connectivity index is 1.59. The van der Waals surface area contributed by atoms with Crippen LogP contribution in [0.1, 0.15) is 17.8 Å². The van der Waals surface area contributed by atoms with Gasteiger partial charge in [-0.05, 0) is 5.56 Å². The first-order valence-corrected chi connectivity index (χ1v) is 11.2. The van der Waals surface area contributed by atoms with E-state index in [0.717, 1.165) is 5.56 Å². The highest BCUT2D eigenvalue weighted by Gasteiger charge is 2.44. The Kier molecular flexibility index (Phi) is 6.34. The Labute approximate surface area is 183 Å². The second kappa shape index (κ2) is 9.03. The molecule has 1 aromatic carbocycles. The second-order valence-corrected chi connectivity index (χ2v) is 8.65. The highest BCUT2D eigenvalue weighted by Crippen LogP contribution is 2.32. The van der Waals surface area contributed by atoms with Gasteiger partial charge in [0.2, 0.25) is 0 Å². The SMILES string of the molecule is NS(=O)(=O)NC[C@H]1OC(n2cnc3c(N[C@H](CO)c4ccccc4)ncnc32)[C@H](O)[C@@H]1O. The van der Waals surface area contributed by atoms with E-state index in [-0.39, 0.29) is 13.2 Å². The number of aromatic nitrogens is 4. The molecule has 1 saturated heterocycles. The van der Waals surface area contributed by atoms with Crippen molar-refractivity contribution in [1.82, 2.24) is 24.2 Å². The summed E-state index contributed by atoms with van der Waals surface area (Å²) in [6.07, 6.45) is -2.20. The zero-order chi connectivity index (χ0) is 22.9. The molecule has 172 valence electrons. The molecule has 1 unspecified atom stereocenters. The molecule has 0 amide bonds. The summed E-state index contributed by atoms with van der Waals surface area (Å²) in [6, 6.07) is 8.87. The molecule has 4 rings (SSSR count). The van der Waals surface area contributed by atoms with Gasteiger partial charge in [0.25, 0.3) is 10.2 Å². The molecule has 0 bridgehead atoms. The molecule has 2 aromatic heterocycles. The highest BCUT2D eigenvalue weighted by atomic mass is 32.2. The van der Waals surface area contributed by atoms with Gasteiger partial charge in [-0.3, -0.25) is 4.57 Å². The van der Waals surface area contributed by atoms with E-state index in [9.17, 15) is 23.7 Å². The maximum absolute atomic E-state index is 11.1. The first-order valence-electron chi connectivity index (χ1n) is 9.67. The minimum atomic E-state index is -3.99. The molecule has 3 heterocycles. The van der Waals surface area contributed by atoms with Crippen LogP contribution in [0.5, 0.6) is 0 Å². The van der Waals surface area contributed by atoms with Crippen molar-refractivity contribution in [3.63, 3.8) is 0 Å². The molecule has 13 nitrogen and oxygen atoms in total. The van der Waals surface area contributed by atoms with Gasteiger partial charge in [0, 0.05) is 6.54 Å². The number of hydrogen-bond donors (Lipinski definition) is 6. The molecule has 7 N–H and O–H groups in total. The molecule has 32 heavy (non-hydrogen) atoms. The number of hydrogen-bond acceptors (Lipinski definition) is 10. The van der Waals surface area contributed by atoms with Gasteiger partial charge in [-0.15, -0.1) is 0 Å². The predicted molar refractivity (Wildman–Crippen MR) is 112 cm³/mol. The second-order valence-electron chi connectivity index (χ2n) is 7.28. The lowest BCUT2D eigenvalue weighted by molar-refractivity contribution is -0.0330. The van der Waals surface area contributed by atoms with Crippen LogP contribution >= 0.6 is 0 Å². The molecular weight excluding hydrogens is 442 g/mol.